The zero-order valence-corrected chi connectivity index (χ0v) is 12.4. The van der Waals surface area contributed by atoms with E-state index in [0.29, 0.717) is 6.61 Å². The Bertz CT molecular complexity index is 512. The third-order valence-corrected chi connectivity index (χ3v) is 4.14. The molecule has 3 rings (SSSR count). The van der Waals surface area contributed by atoms with E-state index >= 15 is 0 Å². The fraction of sp³-hybridized carbons (Fsp3) is 0.562. The first-order valence-electron chi connectivity index (χ1n) is 7.61. The molecule has 1 saturated heterocycles. The minimum Gasteiger partial charge on any atom is -0.497 e. The van der Waals surface area contributed by atoms with Gasteiger partial charge in [-0.15, -0.1) is 0 Å². The summed E-state index contributed by atoms with van der Waals surface area (Å²) < 4.78 is 11.0. The van der Waals surface area contributed by atoms with Crippen LogP contribution in [0.4, 0.5) is 4.79 Å². The van der Waals surface area contributed by atoms with Crippen LogP contribution >= 0.6 is 0 Å². The van der Waals surface area contributed by atoms with Crippen molar-refractivity contribution >= 4 is 6.03 Å². The molecule has 2 aliphatic heterocycles. The number of urea groups is 1. The van der Waals surface area contributed by atoms with Crippen LogP contribution < -0.4 is 14.8 Å². The van der Waals surface area contributed by atoms with Crippen LogP contribution in [-0.2, 0) is 6.42 Å². The van der Waals surface area contributed by atoms with E-state index in [4.69, 9.17) is 9.47 Å². The number of nitrogens with zero attached hydrogens (tertiary/aromatic N) is 1. The van der Waals surface area contributed by atoms with Crippen LogP contribution in [0.1, 0.15) is 24.8 Å². The van der Waals surface area contributed by atoms with E-state index in [1.807, 2.05) is 23.1 Å². The molecular weight excluding hydrogens is 268 g/mol. The van der Waals surface area contributed by atoms with Gasteiger partial charge in [0.1, 0.15) is 18.1 Å². The van der Waals surface area contributed by atoms with Gasteiger partial charge in [-0.1, -0.05) is 0 Å². The number of piperidine rings is 1. The SMILES string of the molecule is COc1ccc2c(c1)CC(NC(=O)N1CCCCC1)CO2. The first-order valence-corrected chi connectivity index (χ1v) is 7.61. The van der Waals surface area contributed by atoms with Gasteiger partial charge < -0.3 is 19.7 Å². The fourth-order valence-electron chi connectivity index (χ4n) is 2.95. The standard InChI is InChI=1S/C16H22N2O3/c1-20-14-5-6-15-12(10-14)9-13(11-21-15)17-16(19)18-7-3-2-4-8-18/h5-6,10,13H,2-4,7-9,11H2,1H3,(H,17,19). The van der Waals surface area contributed by atoms with Gasteiger partial charge in [-0.2, -0.15) is 0 Å². The second-order valence-electron chi connectivity index (χ2n) is 5.68. The van der Waals surface area contributed by atoms with Crippen LogP contribution in [0.3, 0.4) is 0 Å². The number of carbonyl (C=O) groups excluding carboxylic acids is 1. The van der Waals surface area contributed by atoms with Crippen molar-refractivity contribution in [1.29, 1.82) is 0 Å². The second-order valence-corrected chi connectivity index (χ2v) is 5.68. The highest BCUT2D eigenvalue weighted by molar-refractivity contribution is 5.74. The molecule has 5 heteroatoms. The fourth-order valence-corrected chi connectivity index (χ4v) is 2.95. The molecule has 0 aromatic heterocycles. The number of methoxy groups -OCH3 is 1. The van der Waals surface area contributed by atoms with Gasteiger partial charge in [-0.3, -0.25) is 0 Å². The number of fused-ring (bicyclic) bond motifs is 1. The Labute approximate surface area is 125 Å². The predicted molar refractivity (Wildman–Crippen MR) is 79.9 cm³/mol. The van der Waals surface area contributed by atoms with Gasteiger partial charge in [0.05, 0.1) is 13.2 Å². The van der Waals surface area contributed by atoms with E-state index in [2.05, 4.69) is 5.32 Å². The largest absolute Gasteiger partial charge is 0.497 e. The zero-order chi connectivity index (χ0) is 14.7. The molecule has 5 nitrogen and oxygen atoms in total. The molecule has 0 spiro atoms. The summed E-state index contributed by atoms with van der Waals surface area (Å²) in [6, 6.07) is 5.87. The van der Waals surface area contributed by atoms with Crippen LogP contribution in [0.2, 0.25) is 0 Å². The monoisotopic (exact) mass is 290 g/mol. The summed E-state index contributed by atoms with van der Waals surface area (Å²) in [5.74, 6) is 1.71. The molecule has 2 amide bonds. The van der Waals surface area contributed by atoms with Crippen LogP contribution in [0, 0.1) is 0 Å². The maximum atomic E-state index is 12.2. The average Bonchev–Trinajstić information content (AvgIpc) is 2.55. The van der Waals surface area contributed by atoms with Gasteiger partial charge in [0.25, 0.3) is 0 Å². The Morgan fingerprint density at radius 1 is 1.33 bits per heavy atom. The first kappa shape index (κ1) is 14.0. The lowest BCUT2D eigenvalue weighted by atomic mass is 10.0. The Hall–Kier alpha value is -1.91. The topological polar surface area (TPSA) is 50.8 Å². The molecule has 21 heavy (non-hydrogen) atoms. The van der Waals surface area contributed by atoms with Crippen molar-refractivity contribution in [2.24, 2.45) is 0 Å². The third kappa shape index (κ3) is 3.23. The third-order valence-electron chi connectivity index (χ3n) is 4.14. The van der Waals surface area contributed by atoms with E-state index in [-0.39, 0.29) is 12.1 Å². The number of amides is 2. The van der Waals surface area contributed by atoms with Gasteiger partial charge >= 0.3 is 6.03 Å². The van der Waals surface area contributed by atoms with Crippen LogP contribution in [0.5, 0.6) is 11.5 Å². The predicted octanol–water partition coefficient (Wildman–Crippen LogP) is 2.19. The lowest BCUT2D eigenvalue weighted by Crippen LogP contribution is -2.50. The van der Waals surface area contributed by atoms with Crippen LogP contribution in [0.15, 0.2) is 18.2 Å². The maximum Gasteiger partial charge on any atom is 0.317 e. The molecule has 2 aliphatic rings. The first-order chi connectivity index (χ1) is 10.3. The van der Waals surface area contributed by atoms with E-state index in [1.54, 1.807) is 7.11 Å². The molecule has 2 heterocycles. The summed E-state index contributed by atoms with van der Waals surface area (Å²) in [6.07, 6.45) is 4.22. The Balaban J connectivity index is 1.61. The molecule has 0 radical (unpaired) electrons. The van der Waals surface area contributed by atoms with Gasteiger partial charge in [0.15, 0.2) is 0 Å². The highest BCUT2D eigenvalue weighted by Gasteiger charge is 2.24. The number of carbonyl (C=O) groups is 1. The number of benzene rings is 1. The normalized spacial score (nSPS) is 21.2. The quantitative estimate of drug-likeness (QED) is 0.908. The Morgan fingerprint density at radius 3 is 2.90 bits per heavy atom. The average molecular weight is 290 g/mol. The van der Waals surface area contributed by atoms with Crippen molar-refractivity contribution in [2.45, 2.75) is 31.7 Å². The van der Waals surface area contributed by atoms with Crippen molar-refractivity contribution in [3.8, 4) is 11.5 Å². The molecule has 0 aliphatic carbocycles. The summed E-state index contributed by atoms with van der Waals surface area (Å²) in [5.41, 5.74) is 1.09. The maximum absolute atomic E-state index is 12.2. The van der Waals surface area contributed by atoms with Crippen LogP contribution in [0.25, 0.3) is 0 Å². The highest BCUT2D eigenvalue weighted by atomic mass is 16.5. The lowest BCUT2D eigenvalue weighted by molar-refractivity contribution is 0.171. The summed E-state index contributed by atoms with van der Waals surface area (Å²) >= 11 is 0. The summed E-state index contributed by atoms with van der Waals surface area (Å²) in [4.78, 5) is 14.1. The van der Waals surface area contributed by atoms with Gasteiger partial charge in [-0.05, 0) is 49.4 Å². The lowest BCUT2D eigenvalue weighted by Gasteiger charge is -2.31. The number of hydrogen-bond acceptors (Lipinski definition) is 3. The van der Waals surface area contributed by atoms with E-state index in [9.17, 15) is 4.79 Å². The van der Waals surface area contributed by atoms with Gasteiger partial charge in [0.2, 0.25) is 0 Å². The molecule has 1 aromatic rings. The molecule has 1 atom stereocenters. The second kappa shape index (κ2) is 6.24. The molecule has 0 bridgehead atoms. The van der Waals surface area contributed by atoms with Crippen molar-refractivity contribution in [3.05, 3.63) is 23.8 Å². The molecule has 114 valence electrons. The Kier molecular flexibility index (Phi) is 4.18. The van der Waals surface area contributed by atoms with Crippen molar-refractivity contribution in [1.82, 2.24) is 10.2 Å². The van der Waals surface area contributed by atoms with Crippen molar-refractivity contribution in [3.63, 3.8) is 0 Å². The van der Waals surface area contributed by atoms with Crippen molar-refractivity contribution in [2.75, 3.05) is 26.8 Å². The molecular formula is C16H22N2O3. The molecule has 0 saturated carbocycles. The van der Waals surface area contributed by atoms with E-state index < -0.39 is 0 Å². The minimum absolute atomic E-state index is 0.0269. The smallest absolute Gasteiger partial charge is 0.317 e. The number of hydrogen-bond donors (Lipinski definition) is 1. The van der Waals surface area contributed by atoms with Gasteiger partial charge in [0, 0.05) is 13.1 Å². The van der Waals surface area contributed by atoms with Gasteiger partial charge in [-0.25, -0.2) is 4.79 Å². The summed E-state index contributed by atoms with van der Waals surface area (Å²) in [7, 11) is 1.65. The van der Waals surface area contributed by atoms with Crippen molar-refractivity contribution < 1.29 is 14.3 Å². The molecule has 1 N–H and O–H groups in total. The minimum atomic E-state index is 0.0269. The molecule has 1 unspecified atom stereocenters. The molecule has 1 aromatic carbocycles. The summed E-state index contributed by atoms with van der Waals surface area (Å²) in [5, 5.41) is 3.09. The zero-order valence-electron chi connectivity index (χ0n) is 12.4. The van der Waals surface area contributed by atoms with E-state index in [0.717, 1.165) is 49.4 Å². The Morgan fingerprint density at radius 2 is 2.14 bits per heavy atom. The van der Waals surface area contributed by atoms with E-state index in [1.165, 1.54) is 6.42 Å². The molecule has 1 fully saturated rings. The highest BCUT2D eigenvalue weighted by Crippen LogP contribution is 2.28. The van der Waals surface area contributed by atoms with Crippen LogP contribution in [-0.4, -0.2) is 43.8 Å². The number of nitrogens with one attached hydrogen (secondary N) is 1. The number of likely N-dealkylation sites (tertiary alicyclic amines) is 1. The summed E-state index contributed by atoms with van der Waals surface area (Å²) in [6.45, 7) is 2.26. The number of ether oxygens (including phenoxy) is 2. The number of rotatable bonds is 2.